The molecule has 0 unspecified atom stereocenters. The Morgan fingerprint density at radius 2 is 1.71 bits per heavy atom. The van der Waals surface area contributed by atoms with Gasteiger partial charge in [-0.15, -0.1) is 0 Å². The molecule has 4 rings (SSSR count). The Balaban J connectivity index is 1.98. The number of hydrogen-bond donors (Lipinski definition) is 0. The summed E-state index contributed by atoms with van der Waals surface area (Å²) in [5, 5.41) is 0. The molecule has 1 aromatic heterocycles. The number of thiazole rings is 1. The van der Waals surface area contributed by atoms with E-state index in [4.69, 9.17) is 23.7 Å². The monoisotopic (exact) mass is 538 g/mol. The lowest BCUT2D eigenvalue weighted by molar-refractivity contribution is -0.139. The number of allylic oxidation sites excluding steroid dienone is 1. The number of fused-ring (bicyclic) bond motifs is 1. The lowest BCUT2D eigenvalue weighted by Crippen LogP contribution is -2.40. The zero-order valence-corrected chi connectivity index (χ0v) is 23.0. The maximum Gasteiger partial charge on any atom is 0.338 e. The molecule has 2 heterocycles. The van der Waals surface area contributed by atoms with E-state index in [0.717, 1.165) is 0 Å². The minimum absolute atomic E-state index is 0.195. The van der Waals surface area contributed by atoms with Crippen LogP contribution in [0, 0.1) is 0 Å². The second-order valence-electron chi connectivity index (χ2n) is 8.23. The summed E-state index contributed by atoms with van der Waals surface area (Å²) < 4.78 is 29.5. The highest BCUT2D eigenvalue weighted by Crippen LogP contribution is 2.39. The first-order chi connectivity index (χ1) is 18.4. The molecule has 1 aliphatic rings. The molecule has 0 saturated heterocycles. The molecule has 0 N–H and O–H groups in total. The number of para-hydroxylation sites is 1. The van der Waals surface area contributed by atoms with E-state index in [-0.39, 0.29) is 12.2 Å². The van der Waals surface area contributed by atoms with Gasteiger partial charge in [0.15, 0.2) is 16.3 Å². The van der Waals surface area contributed by atoms with E-state index in [0.29, 0.717) is 61.3 Å². The molecule has 0 spiro atoms. The fourth-order valence-corrected chi connectivity index (χ4v) is 5.46. The van der Waals surface area contributed by atoms with Crippen molar-refractivity contribution >= 4 is 23.4 Å². The number of rotatable bonds is 9. The summed E-state index contributed by atoms with van der Waals surface area (Å²) in [7, 11) is 4.59. The molecule has 0 amide bonds. The van der Waals surface area contributed by atoms with Crippen LogP contribution >= 0.6 is 11.3 Å². The predicted octanol–water partition coefficient (Wildman–Crippen LogP) is 3.22. The molecule has 38 heavy (non-hydrogen) atoms. The van der Waals surface area contributed by atoms with Crippen molar-refractivity contribution in [2.75, 3.05) is 34.5 Å². The van der Waals surface area contributed by atoms with Crippen molar-refractivity contribution < 1.29 is 28.5 Å². The van der Waals surface area contributed by atoms with Crippen molar-refractivity contribution in [1.82, 2.24) is 4.57 Å². The Hall–Kier alpha value is -4.05. The van der Waals surface area contributed by atoms with Gasteiger partial charge in [0, 0.05) is 5.56 Å². The van der Waals surface area contributed by atoms with E-state index in [9.17, 15) is 9.59 Å². The number of hydrogen-bond acceptors (Lipinski definition) is 9. The minimum atomic E-state index is -0.768. The third kappa shape index (κ3) is 4.91. The van der Waals surface area contributed by atoms with Crippen LogP contribution in [0.3, 0.4) is 0 Å². The van der Waals surface area contributed by atoms with Gasteiger partial charge < -0.3 is 23.7 Å². The van der Waals surface area contributed by atoms with Crippen LogP contribution in [0.15, 0.2) is 57.5 Å². The topological polar surface area (TPSA) is 97.6 Å². The molecule has 0 saturated carbocycles. The van der Waals surface area contributed by atoms with Crippen LogP contribution in [0.1, 0.15) is 37.9 Å². The quantitative estimate of drug-likeness (QED) is 0.386. The van der Waals surface area contributed by atoms with E-state index >= 15 is 0 Å². The SMILES string of the molecule is CCOC(=O)C1=C(C)N=c2s/c(=C\c3cc(OC)c(OC)c(OC)c3)c(=O)n2[C@@H]1c1ccccc1OCC. The van der Waals surface area contributed by atoms with Crippen molar-refractivity contribution in [3.05, 3.63) is 78.5 Å². The largest absolute Gasteiger partial charge is 0.494 e. The minimum Gasteiger partial charge on any atom is -0.494 e. The van der Waals surface area contributed by atoms with Crippen LogP contribution in [-0.2, 0) is 9.53 Å². The number of methoxy groups -OCH3 is 3. The van der Waals surface area contributed by atoms with E-state index in [2.05, 4.69) is 4.99 Å². The molecular weight excluding hydrogens is 508 g/mol. The Kier molecular flexibility index (Phi) is 8.21. The smallest absolute Gasteiger partial charge is 0.338 e. The van der Waals surface area contributed by atoms with Gasteiger partial charge in [-0.1, -0.05) is 29.5 Å². The lowest BCUT2D eigenvalue weighted by Gasteiger charge is -2.26. The van der Waals surface area contributed by atoms with Gasteiger partial charge in [-0.25, -0.2) is 9.79 Å². The molecule has 2 aromatic carbocycles. The normalized spacial score (nSPS) is 15.0. The number of aromatic nitrogens is 1. The molecule has 1 aliphatic heterocycles. The second kappa shape index (κ2) is 11.6. The number of carbonyl (C=O) groups is 1. The molecule has 1 atom stereocenters. The first-order valence-electron chi connectivity index (χ1n) is 12.1. The fraction of sp³-hybridized carbons (Fsp3) is 0.321. The van der Waals surface area contributed by atoms with Crippen molar-refractivity contribution in [3.8, 4) is 23.0 Å². The summed E-state index contributed by atoms with van der Waals surface area (Å²) in [5.41, 5.74) is 1.84. The van der Waals surface area contributed by atoms with Crippen molar-refractivity contribution in [2.24, 2.45) is 4.99 Å². The molecule has 3 aromatic rings. The second-order valence-corrected chi connectivity index (χ2v) is 9.24. The molecule has 9 nitrogen and oxygen atoms in total. The predicted molar refractivity (Wildman–Crippen MR) is 144 cm³/mol. The number of ether oxygens (including phenoxy) is 5. The van der Waals surface area contributed by atoms with Gasteiger partial charge in [0.2, 0.25) is 5.75 Å². The van der Waals surface area contributed by atoms with Crippen molar-refractivity contribution in [2.45, 2.75) is 26.8 Å². The van der Waals surface area contributed by atoms with Gasteiger partial charge in [0.1, 0.15) is 11.8 Å². The van der Waals surface area contributed by atoms with Crippen molar-refractivity contribution in [3.63, 3.8) is 0 Å². The Bertz CT molecular complexity index is 1540. The van der Waals surface area contributed by atoms with Gasteiger partial charge in [0.25, 0.3) is 5.56 Å². The van der Waals surface area contributed by atoms with Crippen LogP contribution in [0.25, 0.3) is 6.08 Å². The third-order valence-corrected chi connectivity index (χ3v) is 7.00. The van der Waals surface area contributed by atoms with Crippen LogP contribution in [0.2, 0.25) is 0 Å². The van der Waals surface area contributed by atoms with Gasteiger partial charge >= 0.3 is 5.97 Å². The maximum absolute atomic E-state index is 13.9. The number of nitrogens with zero attached hydrogens (tertiary/aromatic N) is 2. The Morgan fingerprint density at radius 1 is 1.03 bits per heavy atom. The number of benzene rings is 2. The Labute approximate surface area is 224 Å². The zero-order chi connectivity index (χ0) is 27.4. The maximum atomic E-state index is 13.9. The average Bonchev–Trinajstić information content (AvgIpc) is 3.21. The average molecular weight is 539 g/mol. The summed E-state index contributed by atoms with van der Waals surface area (Å²) in [6, 6.07) is 10.1. The molecule has 200 valence electrons. The summed E-state index contributed by atoms with van der Waals surface area (Å²) in [6.45, 7) is 5.99. The molecule has 10 heteroatoms. The number of carbonyl (C=O) groups excluding carboxylic acids is 1. The van der Waals surface area contributed by atoms with E-state index in [1.165, 1.54) is 37.2 Å². The highest BCUT2D eigenvalue weighted by atomic mass is 32.1. The summed E-state index contributed by atoms with van der Waals surface area (Å²) in [5.74, 6) is 1.44. The van der Waals surface area contributed by atoms with E-state index in [1.807, 2.05) is 31.2 Å². The van der Waals surface area contributed by atoms with Crippen LogP contribution in [-0.4, -0.2) is 45.1 Å². The van der Waals surface area contributed by atoms with Gasteiger partial charge in [-0.3, -0.25) is 9.36 Å². The van der Waals surface area contributed by atoms with Crippen LogP contribution in [0.5, 0.6) is 23.0 Å². The van der Waals surface area contributed by atoms with Crippen LogP contribution < -0.4 is 33.8 Å². The summed E-state index contributed by atoms with van der Waals surface area (Å²) in [4.78, 5) is 32.2. The van der Waals surface area contributed by atoms with E-state index < -0.39 is 12.0 Å². The standard InChI is InChI=1S/C28H30N2O7S/c1-7-36-19-12-10-9-11-18(19)24-23(27(32)37-8-2)16(3)29-28-30(24)26(31)22(38-28)15-17-13-20(33-4)25(35-6)21(14-17)34-5/h9-15,24H,7-8H2,1-6H3/b22-15-/t24-/m1/s1. The first-order valence-corrected chi connectivity index (χ1v) is 12.9. The van der Waals surface area contributed by atoms with E-state index in [1.54, 1.807) is 32.1 Å². The molecule has 0 radical (unpaired) electrons. The summed E-state index contributed by atoms with van der Waals surface area (Å²) >= 11 is 1.23. The van der Waals surface area contributed by atoms with Crippen molar-refractivity contribution in [1.29, 1.82) is 0 Å². The third-order valence-electron chi connectivity index (χ3n) is 6.02. The summed E-state index contributed by atoms with van der Waals surface area (Å²) in [6.07, 6.45) is 1.74. The van der Waals surface area contributed by atoms with Gasteiger partial charge in [-0.2, -0.15) is 0 Å². The molecule has 0 fully saturated rings. The number of esters is 1. The Morgan fingerprint density at radius 3 is 2.32 bits per heavy atom. The highest BCUT2D eigenvalue weighted by molar-refractivity contribution is 7.07. The highest BCUT2D eigenvalue weighted by Gasteiger charge is 2.35. The van der Waals surface area contributed by atoms with Gasteiger partial charge in [-0.05, 0) is 50.6 Å². The first kappa shape index (κ1) is 27.0. The zero-order valence-electron chi connectivity index (χ0n) is 22.2. The fourth-order valence-electron chi connectivity index (χ4n) is 4.42. The lowest BCUT2D eigenvalue weighted by atomic mass is 9.95. The van der Waals surface area contributed by atoms with Crippen LogP contribution in [0.4, 0.5) is 0 Å². The molecule has 0 bridgehead atoms. The van der Waals surface area contributed by atoms with Gasteiger partial charge in [0.05, 0.1) is 50.3 Å². The molecular formula is C28H30N2O7S. The molecule has 0 aliphatic carbocycles.